The lowest BCUT2D eigenvalue weighted by atomic mass is 9.93. The predicted molar refractivity (Wildman–Crippen MR) is 70.4 cm³/mol. The van der Waals surface area contributed by atoms with Crippen LogP contribution in [0.4, 0.5) is 0 Å². The van der Waals surface area contributed by atoms with E-state index in [0.29, 0.717) is 0 Å². The number of hydrogen-bond donors (Lipinski definition) is 6. The lowest BCUT2D eigenvalue weighted by Crippen LogP contribution is -2.60. The van der Waals surface area contributed by atoms with Crippen LogP contribution in [0, 0.1) is 5.92 Å². The Morgan fingerprint density at radius 3 is 2.50 bits per heavy atom. The molecule has 6 N–H and O–H groups in total. The van der Waals surface area contributed by atoms with E-state index in [1.807, 2.05) is 0 Å². The van der Waals surface area contributed by atoms with E-state index in [1.54, 1.807) is 0 Å². The summed E-state index contributed by atoms with van der Waals surface area (Å²) in [4.78, 5) is 22.8. The van der Waals surface area contributed by atoms with E-state index in [0.717, 1.165) is 18.9 Å². The first kappa shape index (κ1) is 16.7. The molecule has 124 valence electrons. The summed E-state index contributed by atoms with van der Waals surface area (Å²) in [5, 5.41) is 49.9. The highest BCUT2D eigenvalue weighted by Gasteiger charge is 2.44. The van der Waals surface area contributed by atoms with Crippen LogP contribution >= 0.6 is 0 Å². The third-order valence-electron chi connectivity index (χ3n) is 3.69. The van der Waals surface area contributed by atoms with Crippen LogP contribution in [0.5, 0.6) is 0 Å². The van der Waals surface area contributed by atoms with Gasteiger partial charge in [0.2, 0.25) is 11.7 Å². The summed E-state index contributed by atoms with van der Waals surface area (Å²) in [6.07, 6.45) is -3.76. The number of aliphatic hydroxyl groups is 4. The number of aliphatic carboxylic acids is 1. The van der Waals surface area contributed by atoms with Crippen molar-refractivity contribution in [1.29, 1.82) is 0 Å². The van der Waals surface area contributed by atoms with Crippen LogP contribution in [0.25, 0.3) is 0 Å². The Bertz CT molecular complexity index is 475. The summed E-state index contributed by atoms with van der Waals surface area (Å²) in [5.41, 5.74) is 0. The van der Waals surface area contributed by atoms with Gasteiger partial charge in [-0.2, -0.15) is 0 Å². The van der Waals surface area contributed by atoms with Crippen LogP contribution in [-0.2, 0) is 14.3 Å². The second kappa shape index (κ2) is 6.61. The average molecular weight is 317 g/mol. The Morgan fingerprint density at radius 1 is 1.36 bits per heavy atom. The summed E-state index contributed by atoms with van der Waals surface area (Å²) in [6, 6.07) is -1.13. The second-order valence-electron chi connectivity index (χ2n) is 5.46. The number of carboxylic acid groups (broad SMARTS) is 1. The minimum absolute atomic E-state index is 0.169. The Hall–Kier alpha value is -1.68. The molecule has 1 heterocycles. The zero-order valence-corrected chi connectivity index (χ0v) is 11.6. The lowest BCUT2D eigenvalue weighted by molar-refractivity contribution is -0.149. The van der Waals surface area contributed by atoms with Gasteiger partial charge < -0.3 is 35.6 Å². The van der Waals surface area contributed by atoms with Gasteiger partial charge in [-0.15, -0.1) is 0 Å². The SMILES string of the molecule is O=C(O)C1=C[C@H](O)[C@@H](NC(=O)C2CC2)[C@H](C(O)C(O)CO)O1. The summed E-state index contributed by atoms with van der Waals surface area (Å²) in [5.74, 6) is -2.56. The molecule has 9 nitrogen and oxygen atoms in total. The highest BCUT2D eigenvalue weighted by Crippen LogP contribution is 2.30. The van der Waals surface area contributed by atoms with Crippen molar-refractivity contribution < 1.29 is 39.9 Å². The van der Waals surface area contributed by atoms with Gasteiger partial charge in [-0.25, -0.2) is 4.79 Å². The Balaban J connectivity index is 2.20. The fourth-order valence-corrected chi connectivity index (χ4v) is 2.24. The van der Waals surface area contributed by atoms with Crippen molar-refractivity contribution >= 4 is 11.9 Å². The van der Waals surface area contributed by atoms with Gasteiger partial charge in [-0.1, -0.05) is 0 Å². The molecule has 0 aromatic rings. The van der Waals surface area contributed by atoms with Crippen molar-refractivity contribution in [2.24, 2.45) is 5.92 Å². The van der Waals surface area contributed by atoms with Gasteiger partial charge in [0.1, 0.15) is 18.3 Å². The van der Waals surface area contributed by atoms with Crippen molar-refractivity contribution in [3.63, 3.8) is 0 Å². The number of amides is 1. The number of carbonyl (C=O) groups excluding carboxylic acids is 1. The molecule has 2 unspecified atom stereocenters. The van der Waals surface area contributed by atoms with Gasteiger partial charge in [0, 0.05) is 5.92 Å². The molecule has 1 fully saturated rings. The molecule has 0 spiro atoms. The Morgan fingerprint density at radius 2 is 2.00 bits per heavy atom. The molecule has 22 heavy (non-hydrogen) atoms. The number of nitrogens with one attached hydrogen (secondary N) is 1. The average Bonchev–Trinajstić information content (AvgIpc) is 3.31. The van der Waals surface area contributed by atoms with Gasteiger partial charge in [0.05, 0.1) is 12.6 Å². The van der Waals surface area contributed by atoms with Crippen molar-refractivity contribution in [3.8, 4) is 0 Å². The highest BCUT2D eigenvalue weighted by atomic mass is 16.5. The van der Waals surface area contributed by atoms with Crippen molar-refractivity contribution in [1.82, 2.24) is 5.32 Å². The largest absolute Gasteiger partial charge is 0.478 e. The van der Waals surface area contributed by atoms with Crippen LogP contribution < -0.4 is 5.32 Å². The predicted octanol–water partition coefficient (Wildman–Crippen LogP) is -2.68. The number of carbonyl (C=O) groups is 2. The number of aliphatic hydroxyl groups excluding tert-OH is 4. The number of rotatable bonds is 6. The standard InChI is InChI=1S/C13H19NO8/c15-4-7(17)10(18)11-9(14-12(19)5-1-2-5)6(16)3-8(22-11)13(20)21/h3,5-7,9-11,15-18H,1-2,4H2,(H,14,19)(H,20,21)/t6-,7?,9+,10?,11+/m0/s1. The Kier molecular flexibility index (Phi) is 5.01. The molecule has 1 aliphatic carbocycles. The summed E-state index contributed by atoms with van der Waals surface area (Å²) < 4.78 is 5.08. The van der Waals surface area contributed by atoms with Gasteiger partial charge in [-0.3, -0.25) is 4.79 Å². The lowest BCUT2D eigenvalue weighted by Gasteiger charge is -2.38. The summed E-state index contributed by atoms with van der Waals surface area (Å²) in [7, 11) is 0. The van der Waals surface area contributed by atoms with E-state index >= 15 is 0 Å². The van der Waals surface area contributed by atoms with E-state index in [9.17, 15) is 24.9 Å². The normalized spacial score (nSPS) is 30.7. The van der Waals surface area contributed by atoms with Crippen LogP contribution in [0.1, 0.15) is 12.8 Å². The van der Waals surface area contributed by atoms with Crippen LogP contribution in [0.15, 0.2) is 11.8 Å². The van der Waals surface area contributed by atoms with Gasteiger partial charge in [0.15, 0.2) is 6.10 Å². The molecule has 0 aromatic carbocycles. The maximum absolute atomic E-state index is 11.8. The van der Waals surface area contributed by atoms with Gasteiger partial charge >= 0.3 is 5.97 Å². The van der Waals surface area contributed by atoms with E-state index in [2.05, 4.69) is 5.32 Å². The smallest absolute Gasteiger partial charge is 0.370 e. The van der Waals surface area contributed by atoms with Crippen LogP contribution in [0.3, 0.4) is 0 Å². The van der Waals surface area contributed by atoms with Crippen LogP contribution in [0.2, 0.25) is 0 Å². The molecule has 2 aliphatic rings. The first-order valence-corrected chi connectivity index (χ1v) is 6.92. The maximum atomic E-state index is 11.8. The molecule has 5 atom stereocenters. The van der Waals surface area contributed by atoms with Gasteiger partial charge in [-0.05, 0) is 18.9 Å². The monoisotopic (exact) mass is 317 g/mol. The topological polar surface area (TPSA) is 157 Å². The molecule has 0 radical (unpaired) electrons. The molecule has 9 heteroatoms. The van der Waals surface area contributed by atoms with Crippen molar-refractivity contribution in [2.75, 3.05) is 6.61 Å². The van der Waals surface area contributed by atoms with Crippen LogP contribution in [-0.4, -0.2) is 74.5 Å². The summed E-state index contributed by atoms with van der Waals surface area (Å²) >= 11 is 0. The van der Waals surface area contributed by atoms with E-state index < -0.39 is 48.8 Å². The fraction of sp³-hybridized carbons (Fsp3) is 0.692. The molecule has 1 amide bonds. The fourth-order valence-electron chi connectivity index (χ4n) is 2.24. The number of carboxylic acids is 1. The van der Waals surface area contributed by atoms with Crippen molar-refractivity contribution in [2.45, 2.75) is 43.3 Å². The zero-order valence-electron chi connectivity index (χ0n) is 11.6. The van der Waals surface area contributed by atoms with Crippen molar-refractivity contribution in [3.05, 3.63) is 11.8 Å². The van der Waals surface area contributed by atoms with Gasteiger partial charge in [0.25, 0.3) is 0 Å². The van der Waals surface area contributed by atoms with E-state index in [1.165, 1.54) is 0 Å². The third-order valence-corrected chi connectivity index (χ3v) is 3.69. The molecule has 0 aromatic heterocycles. The second-order valence-corrected chi connectivity index (χ2v) is 5.46. The molecular weight excluding hydrogens is 298 g/mol. The minimum Gasteiger partial charge on any atom is -0.478 e. The highest BCUT2D eigenvalue weighted by molar-refractivity contribution is 5.85. The molecule has 0 bridgehead atoms. The Labute approximate surface area is 125 Å². The van der Waals surface area contributed by atoms with E-state index in [-0.39, 0.29) is 11.8 Å². The maximum Gasteiger partial charge on any atom is 0.370 e. The number of ether oxygens (including phenoxy) is 1. The first-order chi connectivity index (χ1) is 10.3. The molecular formula is C13H19NO8. The minimum atomic E-state index is -1.69. The molecule has 1 aliphatic heterocycles. The molecule has 1 saturated carbocycles. The molecule has 0 saturated heterocycles. The molecule has 2 rings (SSSR count). The quantitative estimate of drug-likeness (QED) is 0.309. The third kappa shape index (κ3) is 3.55. The van der Waals surface area contributed by atoms with E-state index in [4.69, 9.17) is 14.9 Å². The number of hydrogen-bond acceptors (Lipinski definition) is 7. The summed E-state index contributed by atoms with van der Waals surface area (Å²) in [6.45, 7) is -0.785. The zero-order chi connectivity index (χ0) is 16.4. The first-order valence-electron chi connectivity index (χ1n) is 6.92.